The van der Waals surface area contributed by atoms with Crippen LogP contribution < -0.4 is 10.6 Å². The number of amides is 1. The second kappa shape index (κ2) is 5.01. The zero-order valence-electron chi connectivity index (χ0n) is 12.5. The summed E-state index contributed by atoms with van der Waals surface area (Å²) in [5.74, 6) is 3.79. The first-order chi connectivity index (χ1) is 9.73. The van der Waals surface area contributed by atoms with E-state index in [1.54, 1.807) is 0 Å². The number of nitrogens with one attached hydrogen (secondary N) is 2. The second-order valence-corrected chi connectivity index (χ2v) is 8.10. The van der Waals surface area contributed by atoms with Crippen LogP contribution in [0.2, 0.25) is 0 Å². The Morgan fingerprint density at radius 2 is 1.75 bits per heavy atom. The van der Waals surface area contributed by atoms with E-state index in [0.29, 0.717) is 5.91 Å². The van der Waals surface area contributed by atoms with Crippen LogP contribution in [0.5, 0.6) is 0 Å². The minimum Gasteiger partial charge on any atom is -0.356 e. The molecule has 0 aromatic heterocycles. The molecule has 0 spiro atoms. The van der Waals surface area contributed by atoms with Gasteiger partial charge in [0.05, 0.1) is 0 Å². The third kappa shape index (κ3) is 2.28. The molecule has 112 valence electrons. The third-order valence-corrected chi connectivity index (χ3v) is 6.52. The van der Waals surface area contributed by atoms with Crippen molar-refractivity contribution in [1.29, 1.82) is 0 Å². The minimum atomic E-state index is 0.0443. The molecule has 1 unspecified atom stereocenters. The van der Waals surface area contributed by atoms with Gasteiger partial charge in [0.25, 0.3) is 0 Å². The zero-order valence-corrected chi connectivity index (χ0v) is 12.5. The molecule has 1 heterocycles. The van der Waals surface area contributed by atoms with Crippen molar-refractivity contribution in [3.8, 4) is 0 Å². The molecular weight excluding hydrogens is 248 g/mol. The second-order valence-electron chi connectivity index (χ2n) is 8.10. The van der Waals surface area contributed by atoms with Crippen LogP contribution in [0.3, 0.4) is 0 Å². The van der Waals surface area contributed by atoms with E-state index in [-0.39, 0.29) is 5.41 Å². The minimum absolute atomic E-state index is 0.0443. The van der Waals surface area contributed by atoms with Crippen molar-refractivity contribution in [3.63, 3.8) is 0 Å². The molecule has 5 rings (SSSR count). The molecule has 2 N–H and O–H groups in total. The number of hydrogen-bond donors (Lipinski definition) is 2. The van der Waals surface area contributed by atoms with Gasteiger partial charge >= 0.3 is 0 Å². The molecule has 0 aromatic carbocycles. The first kappa shape index (κ1) is 13.1. The summed E-state index contributed by atoms with van der Waals surface area (Å²) >= 11 is 0. The van der Waals surface area contributed by atoms with Crippen LogP contribution in [0.1, 0.15) is 51.4 Å². The Bertz CT molecular complexity index is 351. The van der Waals surface area contributed by atoms with Crippen molar-refractivity contribution >= 4 is 5.91 Å². The van der Waals surface area contributed by atoms with Crippen molar-refractivity contribution in [2.75, 3.05) is 19.6 Å². The van der Waals surface area contributed by atoms with E-state index in [1.807, 2.05) is 0 Å². The maximum absolute atomic E-state index is 12.7. The van der Waals surface area contributed by atoms with Gasteiger partial charge in [-0.15, -0.1) is 0 Å². The molecule has 1 aliphatic heterocycles. The number of carbonyl (C=O) groups excluding carboxylic acids is 1. The summed E-state index contributed by atoms with van der Waals surface area (Å²) in [6.45, 7) is 3.20. The fraction of sp³-hybridized carbons (Fsp3) is 0.941. The van der Waals surface area contributed by atoms with Gasteiger partial charge in [0.1, 0.15) is 0 Å². The molecule has 20 heavy (non-hydrogen) atoms. The van der Waals surface area contributed by atoms with Crippen LogP contribution in [-0.4, -0.2) is 25.5 Å². The average molecular weight is 276 g/mol. The van der Waals surface area contributed by atoms with E-state index in [4.69, 9.17) is 0 Å². The lowest BCUT2D eigenvalue weighted by atomic mass is 9.49. The van der Waals surface area contributed by atoms with E-state index in [9.17, 15) is 4.79 Å². The largest absolute Gasteiger partial charge is 0.356 e. The summed E-state index contributed by atoms with van der Waals surface area (Å²) in [4.78, 5) is 12.7. The summed E-state index contributed by atoms with van der Waals surface area (Å²) in [5.41, 5.74) is 0.0443. The average Bonchev–Trinajstić information content (AvgIpc) is 2.90. The Morgan fingerprint density at radius 3 is 2.30 bits per heavy atom. The van der Waals surface area contributed by atoms with E-state index in [0.717, 1.165) is 49.7 Å². The highest BCUT2D eigenvalue weighted by Gasteiger charge is 2.54. The van der Waals surface area contributed by atoms with Crippen molar-refractivity contribution in [3.05, 3.63) is 0 Å². The maximum Gasteiger partial charge on any atom is 0.226 e. The van der Waals surface area contributed by atoms with Crippen LogP contribution in [-0.2, 0) is 4.79 Å². The SMILES string of the molecule is O=C(NCCC1CCNC1)C12CC3CC(CC(C3)C1)C2. The Hall–Kier alpha value is -0.570. The Kier molecular flexibility index (Phi) is 3.29. The van der Waals surface area contributed by atoms with Gasteiger partial charge in [-0.05, 0) is 88.1 Å². The Labute approximate surface area is 122 Å². The van der Waals surface area contributed by atoms with Gasteiger partial charge in [0, 0.05) is 12.0 Å². The maximum atomic E-state index is 12.7. The third-order valence-electron chi connectivity index (χ3n) is 6.52. The summed E-state index contributed by atoms with van der Waals surface area (Å²) in [6.07, 6.45) is 10.3. The van der Waals surface area contributed by atoms with Gasteiger partial charge in [0.2, 0.25) is 5.91 Å². The predicted octanol–water partition coefficient (Wildman–Crippen LogP) is 2.32. The lowest BCUT2D eigenvalue weighted by Crippen LogP contribution is -2.53. The molecule has 5 fully saturated rings. The predicted molar refractivity (Wildman–Crippen MR) is 79.2 cm³/mol. The normalized spacial score (nSPS) is 45.8. The lowest BCUT2D eigenvalue weighted by Gasteiger charge is -2.55. The van der Waals surface area contributed by atoms with Gasteiger partial charge in [-0.2, -0.15) is 0 Å². The molecule has 3 nitrogen and oxygen atoms in total. The van der Waals surface area contributed by atoms with Crippen molar-refractivity contribution in [1.82, 2.24) is 10.6 Å². The Balaban J connectivity index is 1.33. The molecule has 0 radical (unpaired) electrons. The smallest absolute Gasteiger partial charge is 0.226 e. The molecular formula is C17H28N2O. The van der Waals surface area contributed by atoms with E-state index < -0.39 is 0 Å². The van der Waals surface area contributed by atoms with Crippen LogP contribution >= 0.6 is 0 Å². The number of carbonyl (C=O) groups is 1. The monoisotopic (exact) mass is 276 g/mol. The van der Waals surface area contributed by atoms with Crippen molar-refractivity contribution < 1.29 is 4.79 Å². The van der Waals surface area contributed by atoms with Crippen molar-refractivity contribution in [2.45, 2.75) is 51.4 Å². The number of hydrogen-bond acceptors (Lipinski definition) is 2. The first-order valence-corrected chi connectivity index (χ1v) is 8.72. The lowest BCUT2D eigenvalue weighted by molar-refractivity contribution is -0.146. The highest BCUT2D eigenvalue weighted by atomic mass is 16.2. The molecule has 5 aliphatic rings. The highest BCUT2D eigenvalue weighted by molar-refractivity contribution is 5.83. The topological polar surface area (TPSA) is 41.1 Å². The van der Waals surface area contributed by atoms with E-state index in [1.165, 1.54) is 44.9 Å². The molecule has 4 saturated carbocycles. The van der Waals surface area contributed by atoms with E-state index in [2.05, 4.69) is 10.6 Å². The molecule has 4 bridgehead atoms. The van der Waals surface area contributed by atoms with Gasteiger partial charge in [-0.1, -0.05) is 0 Å². The molecule has 1 amide bonds. The van der Waals surface area contributed by atoms with E-state index >= 15 is 0 Å². The number of rotatable bonds is 4. The summed E-state index contributed by atoms with van der Waals surface area (Å²) < 4.78 is 0. The fourth-order valence-electron chi connectivity index (χ4n) is 5.93. The Morgan fingerprint density at radius 1 is 1.10 bits per heavy atom. The quantitative estimate of drug-likeness (QED) is 0.827. The molecule has 1 saturated heterocycles. The molecule has 1 atom stereocenters. The highest BCUT2D eigenvalue weighted by Crippen LogP contribution is 2.60. The van der Waals surface area contributed by atoms with Crippen molar-refractivity contribution in [2.24, 2.45) is 29.1 Å². The summed E-state index contributed by atoms with van der Waals surface area (Å²) in [6, 6.07) is 0. The van der Waals surface area contributed by atoms with Crippen LogP contribution in [0, 0.1) is 29.1 Å². The first-order valence-electron chi connectivity index (χ1n) is 8.72. The zero-order chi connectivity index (χ0) is 13.6. The van der Waals surface area contributed by atoms with Crippen LogP contribution in [0.15, 0.2) is 0 Å². The van der Waals surface area contributed by atoms with Gasteiger partial charge in [-0.25, -0.2) is 0 Å². The van der Waals surface area contributed by atoms with Gasteiger partial charge in [0.15, 0.2) is 0 Å². The molecule has 0 aromatic rings. The van der Waals surface area contributed by atoms with Gasteiger partial charge < -0.3 is 10.6 Å². The van der Waals surface area contributed by atoms with Crippen LogP contribution in [0.4, 0.5) is 0 Å². The standard InChI is InChI=1S/C17H28N2O/c20-16(19-4-2-12-1-3-18-11-12)17-8-13-5-14(9-17)7-15(6-13)10-17/h12-15,18H,1-11H2,(H,19,20). The molecule has 3 heteroatoms. The fourth-order valence-corrected chi connectivity index (χ4v) is 5.93. The van der Waals surface area contributed by atoms with Gasteiger partial charge in [-0.3, -0.25) is 4.79 Å². The molecule has 4 aliphatic carbocycles. The summed E-state index contributed by atoms with van der Waals surface area (Å²) in [7, 11) is 0. The van der Waals surface area contributed by atoms with Crippen LogP contribution in [0.25, 0.3) is 0 Å². The summed E-state index contributed by atoms with van der Waals surface area (Å²) in [5, 5.41) is 6.71.